The highest BCUT2D eigenvalue weighted by atomic mass is 16.2. The molecule has 6 N–H and O–H groups in total. The highest BCUT2D eigenvalue weighted by Gasteiger charge is 2.05. The second-order valence-electron chi connectivity index (χ2n) is 6.92. The summed E-state index contributed by atoms with van der Waals surface area (Å²) in [5.74, 6) is -0.384. The summed E-state index contributed by atoms with van der Waals surface area (Å²) in [5.41, 5.74) is 20.9. The van der Waals surface area contributed by atoms with Crippen LogP contribution in [0.4, 0.5) is 11.4 Å². The van der Waals surface area contributed by atoms with Gasteiger partial charge in [0.25, 0.3) is 0 Å². The van der Waals surface area contributed by atoms with Crippen molar-refractivity contribution in [2.45, 2.75) is 39.5 Å². The van der Waals surface area contributed by atoms with E-state index in [0.717, 1.165) is 11.1 Å². The number of nitrogens with two attached hydrogens (primary N) is 2. The molecule has 0 bridgehead atoms. The van der Waals surface area contributed by atoms with Crippen LogP contribution in [0.25, 0.3) is 0 Å². The molecule has 0 spiro atoms. The highest BCUT2D eigenvalue weighted by Crippen LogP contribution is 2.07. The fraction of sp³-hybridized carbons (Fsp3) is 0.273. The Hall–Kier alpha value is -3.68. The molecule has 2 rings (SSSR count). The summed E-state index contributed by atoms with van der Waals surface area (Å²) in [6, 6.07) is 14.5. The summed E-state index contributed by atoms with van der Waals surface area (Å²) in [7, 11) is 0. The van der Waals surface area contributed by atoms with Crippen molar-refractivity contribution in [3.8, 4) is 0 Å². The second kappa shape index (κ2) is 11.4. The van der Waals surface area contributed by atoms with E-state index >= 15 is 0 Å². The summed E-state index contributed by atoms with van der Waals surface area (Å²) in [4.78, 5) is 23.8. The number of nitrogens with zero attached hydrogens (tertiary/aromatic N) is 2. The van der Waals surface area contributed by atoms with Gasteiger partial charge in [0, 0.05) is 24.2 Å². The lowest BCUT2D eigenvalue weighted by molar-refractivity contribution is -0.123. The number of rotatable bonds is 9. The Morgan fingerprint density at radius 1 is 0.700 bits per heavy atom. The van der Waals surface area contributed by atoms with Gasteiger partial charge in [-0.1, -0.05) is 24.3 Å². The summed E-state index contributed by atoms with van der Waals surface area (Å²) in [6.45, 7) is 3.62. The molecule has 2 aromatic carbocycles. The van der Waals surface area contributed by atoms with Gasteiger partial charge < -0.3 is 11.5 Å². The largest absolute Gasteiger partial charge is 0.399 e. The minimum Gasteiger partial charge on any atom is -0.399 e. The van der Waals surface area contributed by atoms with Gasteiger partial charge in [0.2, 0.25) is 11.8 Å². The lowest BCUT2D eigenvalue weighted by Crippen LogP contribution is -2.20. The molecule has 0 saturated heterocycles. The van der Waals surface area contributed by atoms with E-state index in [2.05, 4.69) is 21.1 Å². The first kappa shape index (κ1) is 22.6. The van der Waals surface area contributed by atoms with E-state index in [-0.39, 0.29) is 11.8 Å². The topological polar surface area (TPSA) is 135 Å². The maximum atomic E-state index is 11.9. The van der Waals surface area contributed by atoms with E-state index in [9.17, 15) is 9.59 Å². The number of amides is 2. The second-order valence-corrected chi connectivity index (χ2v) is 6.92. The molecule has 0 radical (unpaired) electrons. The molecule has 0 saturated carbocycles. The van der Waals surface area contributed by atoms with Crippen LogP contribution < -0.4 is 22.3 Å². The molecule has 0 aromatic heterocycles. The van der Waals surface area contributed by atoms with Crippen LogP contribution >= 0.6 is 0 Å². The average Bonchev–Trinajstić information content (AvgIpc) is 2.74. The fourth-order valence-corrected chi connectivity index (χ4v) is 2.55. The standard InChI is InChI=1S/C22H28N6O2/c1-15(17-7-11-19(23)12-8-17)25-27-21(29)5-3-4-6-22(30)28-26-16(2)18-9-13-20(24)14-10-18/h7-14H,3-6,23-24H2,1-2H3,(H,27,29)(H,28,30)/b25-15+,26-16+. The zero-order valence-corrected chi connectivity index (χ0v) is 17.3. The minimum atomic E-state index is -0.192. The van der Waals surface area contributed by atoms with E-state index in [1.807, 2.05) is 38.1 Å². The molecular weight excluding hydrogens is 380 g/mol. The summed E-state index contributed by atoms with van der Waals surface area (Å²) in [6.07, 6.45) is 1.74. The van der Waals surface area contributed by atoms with E-state index in [1.165, 1.54) is 0 Å². The maximum Gasteiger partial charge on any atom is 0.240 e. The minimum absolute atomic E-state index is 0.192. The monoisotopic (exact) mass is 408 g/mol. The van der Waals surface area contributed by atoms with Crippen LogP contribution in [0.1, 0.15) is 50.7 Å². The molecule has 0 aliphatic carbocycles. The molecule has 2 aromatic rings. The number of carbonyl (C=O) groups excluding carboxylic acids is 2. The van der Waals surface area contributed by atoms with Gasteiger partial charge in [-0.05, 0) is 62.1 Å². The Labute approximate surface area is 176 Å². The lowest BCUT2D eigenvalue weighted by atomic mass is 10.1. The molecule has 8 heteroatoms. The van der Waals surface area contributed by atoms with Gasteiger partial charge >= 0.3 is 0 Å². The average molecular weight is 409 g/mol. The van der Waals surface area contributed by atoms with Crippen LogP contribution in [0.3, 0.4) is 0 Å². The first-order valence-corrected chi connectivity index (χ1v) is 9.73. The van der Waals surface area contributed by atoms with Crippen molar-refractivity contribution in [2.24, 2.45) is 10.2 Å². The van der Waals surface area contributed by atoms with Crippen LogP contribution in [-0.2, 0) is 9.59 Å². The summed E-state index contributed by atoms with van der Waals surface area (Å²) < 4.78 is 0. The number of nitrogens with one attached hydrogen (secondary N) is 2. The fourth-order valence-electron chi connectivity index (χ4n) is 2.55. The van der Waals surface area contributed by atoms with Crippen molar-refractivity contribution in [1.29, 1.82) is 0 Å². The molecule has 158 valence electrons. The third kappa shape index (κ3) is 7.75. The van der Waals surface area contributed by atoms with Crippen LogP contribution in [0.5, 0.6) is 0 Å². The third-order valence-electron chi connectivity index (χ3n) is 4.41. The number of hydrogen-bond donors (Lipinski definition) is 4. The number of nitrogen functional groups attached to an aromatic ring is 2. The summed E-state index contributed by atoms with van der Waals surface area (Å²) in [5, 5.41) is 8.18. The van der Waals surface area contributed by atoms with E-state index in [4.69, 9.17) is 11.5 Å². The number of hydrazone groups is 2. The van der Waals surface area contributed by atoms with Crippen molar-refractivity contribution >= 4 is 34.6 Å². The highest BCUT2D eigenvalue weighted by molar-refractivity contribution is 6.00. The molecule has 30 heavy (non-hydrogen) atoms. The van der Waals surface area contributed by atoms with Gasteiger partial charge in [-0.15, -0.1) is 0 Å². The molecule has 2 amide bonds. The van der Waals surface area contributed by atoms with E-state index < -0.39 is 0 Å². The number of benzene rings is 2. The molecule has 8 nitrogen and oxygen atoms in total. The number of anilines is 2. The van der Waals surface area contributed by atoms with Crippen LogP contribution in [0.2, 0.25) is 0 Å². The van der Waals surface area contributed by atoms with Crippen molar-refractivity contribution in [2.75, 3.05) is 11.5 Å². The predicted octanol–water partition coefficient (Wildman–Crippen LogP) is 2.79. The number of hydrogen-bond acceptors (Lipinski definition) is 6. The Morgan fingerprint density at radius 3 is 1.37 bits per heavy atom. The van der Waals surface area contributed by atoms with Crippen molar-refractivity contribution in [1.82, 2.24) is 10.9 Å². The Kier molecular flexibility index (Phi) is 8.56. The van der Waals surface area contributed by atoms with Crippen molar-refractivity contribution in [3.05, 3.63) is 59.7 Å². The molecule has 0 aliphatic heterocycles. The zero-order valence-electron chi connectivity index (χ0n) is 17.3. The molecule has 0 unspecified atom stereocenters. The Morgan fingerprint density at radius 2 is 1.03 bits per heavy atom. The molecule has 0 aliphatic rings. The third-order valence-corrected chi connectivity index (χ3v) is 4.41. The first-order valence-electron chi connectivity index (χ1n) is 9.73. The van der Waals surface area contributed by atoms with Crippen LogP contribution in [0.15, 0.2) is 58.7 Å². The van der Waals surface area contributed by atoms with Gasteiger partial charge in [0.15, 0.2) is 0 Å². The van der Waals surface area contributed by atoms with Gasteiger partial charge in [-0.3, -0.25) is 9.59 Å². The normalized spacial score (nSPS) is 11.8. The first-order chi connectivity index (χ1) is 14.3. The van der Waals surface area contributed by atoms with Gasteiger partial charge in [0.05, 0.1) is 11.4 Å². The molecular formula is C22H28N6O2. The lowest BCUT2D eigenvalue weighted by Gasteiger charge is -2.05. The van der Waals surface area contributed by atoms with Gasteiger partial charge in [-0.25, -0.2) is 10.9 Å². The number of carbonyl (C=O) groups is 2. The SMILES string of the molecule is C/C(=N\NC(=O)CCCCC(=O)N/N=C(\C)c1ccc(N)cc1)c1ccc(N)cc1. The van der Waals surface area contributed by atoms with Gasteiger partial charge in [0.1, 0.15) is 0 Å². The van der Waals surface area contributed by atoms with Crippen molar-refractivity contribution < 1.29 is 9.59 Å². The van der Waals surface area contributed by atoms with Crippen LogP contribution in [0, 0.1) is 0 Å². The van der Waals surface area contributed by atoms with Gasteiger partial charge in [-0.2, -0.15) is 10.2 Å². The zero-order chi connectivity index (χ0) is 21.9. The van der Waals surface area contributed by atoms with E-state index in [1.54, 1.807) is 24.3 Å². The van der Waals surface area contributed by atoms with E-state index in [0.29, 0.717) is 48.5 Å². The van der Waals surface area contributed by atoms with Crippen LogP contribution in [-0.4, -0.2) is 23.2 Å². The molecule has 0 atom stereocenters. The maximum absolute atomic E-state index is 11.9. The Bertz CT molecular complexity index is 840. The Balaban J connectivity index is 1.66. The smallest absolute Gasteiger partial charge is 0.240 e. The molecule has 0 fully saturated rings. The summed E-state index contributed by atoms with van der Waals surface area (Å²) >= 11 is 0. The molecule has 0 heterocycles. The predicted molar refractivity (Wildman–Crippen MR) is 121 cm³/mol. The van der Waals surface area contributed by atoms with Crippen molar-refractivity contribution in [3.63, 3.8) is 0 Å². The number of unbranched alkanes of at least 4 members (excludes halogenated alkanes) is 1. The quantitative estimate of drug-likeness (QED) is 0.220.